The van der Waals surface area contributed by atoms with Crippen LogP contribution in [-0.4, -0.2) is 39.5 Å². The first-order chi connectivity index (χ1) is 15.5. The smallest absolute Gasteiger partial charge is 0.327 e. The molecule has 4 nitrogen and oxygen atoms in total. The van der Waals surface area contributed by atoms with E-state index in [0.29, 0.717) is 11.4 Å². The van der Waals surface area contributed by atoms with Gasteiger partial charge >= 0.3 is 6.18 Å². The van der Waals surface area contributed by atoms with Crippen molar-refractivity contribution >= 4 is 28.5 Å². The van der Waals surface area contributed by atoms with Gasteiger partial charge in [-0.1, -0.05) is 11.8 Å². The monoisotopic (exact) mass is 479 g/mol. The number of nitrogens with zero attached hydrogens (tertiary/aromatic N) is 3. The first kappa shape index (κ1) is 23.1. The van der Waals surface area contributed by atoms with Crippen LogP contribution < -0.4 is 4.90 Å². The Labute approximate surface area is 198 Å². The van der Waals surface area contributed by atoms with E-state index in [9.17, 15) is 18.0 Å². The van der Waals surface area contributed by atoms with Crippen molar-refractivity contribution in [3.63, 3.8) is 0 Å². The van der Waals surface area contributed by atoms with E-state index >= 15 is 0 Å². The molecule has 0 aromatic heterocycles. The number of amidine groups is 1. The van der Waals surface area contributed by atoms with Crippen molar-refractivity contribution in [3.8, 4) is 0 Å². The average molecular weight is 480 g/mol. The van der Waals surface area contributed by atoms with Crippen molar-refractivity contribution in [2.24, 2.45) is 22.7 Å². The molecule has 1 amide bonds. The van der Waals surface area contributed by atoms with Crippen molar-refractivity contribution in [2.75, 3.05) is 10.7 Å². The lowest BCUT2D eigenvalue weighted by Gasteiger charge is -2.55. The molecule has 1 heterocycles. The Hall–Kier alpha value is -1.70. The summed E-state index contributed by atoms with van der Waals surface area (Å²) < 4.78 is 39.1. The van der Waals surface area contributed by atoms with Crippen molar-refractivity contribution in [3.05, 3.63) is 29.8 Å². The number of benzene rings is 1. The van der Waals surface area contributed by atoms with Gasteiger partial charge in [0, 0.05) is 24.4 Å². The van der Waals surface area contributed by atoms with E-state index in [2.05, 4.69) is 18.7 Å². The summed E-state index contributed by atoms with van der Waals surface area (Å²) in [6, 6.07) is 5.03. The first-order valence-corrected chi connectivity index (χ1v) is 13.0. The van der Waals surface area contributed by atoms with Crippen LogP contribution in [-0.2, 0) is 11.0 Å². The zero-order valence-electron chi connectivity index (χ0n) is 19.4. The molecule has 0 spiro atoms. The van der Waals surface area contributed by atoms with E-state index in [1.54, 1.807) is 16.7 Å². The molecule has 1 aromatic rings. The maximum atomic E-state index is 13.0. The summed E-state index contributed by atoms with van der Waals surface area (Å²) in [7, 11) is 0. The molecule has 4 aliphatic carbocycles. The highest BCUT2D eigenvalue weighted by atomic mass is 32.2. The molecule has 1 unspecified atom stereocenters. The highest BCUT2D eigenvalue weighted by Crippen LogP contribution is 2.57. The Kier molecular flexibility index (Phi) is 5.73. The number of aliphatic imine (C=N–C) groups is 1. The molecular weight excluding hydrogens is 447 g/mol. The number of alkyl halides is 3. The highest BCUT2D eigenvalue weighted by Gasteiger charge is 2.52. The molecule has 8 heteroatoms. The van der Waals surface area contributed by atoms with Gasteiger partial charge in [-0.3, -0.25) is 14.7 Å². The fourth-order valence-corrected chi connectivity index (χ4v) is 8.41. The summed E-state index contributed by atoms with van der Waals surface area (Å²) in [5.41, 5.74) is -0.183. The van der Waals surface area contributed by atoms with Gasteiger partial charge in [0.15, 0.2) is 5.17 Å². The molecule has 4 bridgehead atoms. The fourth-order valence-electron chi connectivity index (χ4n) is 7.06. The molecule has 0 N–H and O–H groups in total. The average Bonchev–Trinajstić information content (AvgIpc) is 3.09. The van der Waals surface area contributed by atoms with Crippen LogP contribution in [0.4, 0.5) is 18.9 Å². The summed E-state index contributed by atoms with van der Waals surface area (Å²) in [4.78, 5) is 22.0. The lowest BCUT2D eigenvalue weighted by Crippen LogP contribution is -2.54. The van der Waals surface area contributed by atoms with Gasteiger partial charge in [0.25, 0.3) is 0 Å². The fraction of sp³-hybridized carbons (Fsp3) is 0.680. The number of hydrogen-bond acceptors (Lipinski definition) is 3. The van der Waals surface area contributed by atoms with Crippen LogP contribution >= 0.6 is 11.8 Å². The number of amides is 1. The van der Waals surface area contributed by atoms with Crippen molar-refractivity contribution in [2.45, 2.75) is 83.2 Å². The number of carbonyl (C=O) groups excluding carboxylic acids is 1. The van der Waals surface area contributed by atoms with E-state index in [0.717, 1.165) is 35.1 Å². The van der Waals surface area contributed by atoms with Gasteiger partial charge in [-0.2, -0.15) is 13.2 Å². The molecule has 5 fully saturated rings. The SMILES string of the molecule is CC(=O)N(c1ccc(C(F)(F)F)cc1)C1CSC(=NC23CC4CC(CC(C4)C2)C3)N1C(C)C. The number of rotatable bonds is 4. The molecule has 1 aromatic carbocycles. The number of carbonyl (C=O) groups is 1. The Morgan fingerprint density at radius 3 is 2.09 bits per heavy atom. The van der Waals surface area contributed by atoms with Gasteiger partial charge in [-0.25, -0.2) is 0 Å². The van der Waals surface area contributed by atoms with Gasteiger partial charge in [0.1, 0.15) is 6.17 Å². The highest BCUT2D eigenvalue weighted by molar-refractivity contribution is 8.14. The third-order valence-corrected chi connectivity index (χ3v) is 8.93. The van der Waals surface area contributed by atoms with Crippen molar-refractivity contribution in [1.29, 1.82) is 0 Å². The van der Waals surface area contributed by atoms with Crippen molar-refractivity contribution in [1.82, 2.24) is 4.90 Å². The van der Waals surface area contributed by atoms with Crippen LogP contribution in [0.25, 0.3) is 0 Å². The van der Waals surface area contributed by atoms with Gasteiger partial charge in [0.2, 0.25) is 5.91 Å². The molecule has 5 aliphatic rings. The number of thioether (sulfide) groups is 1. The maximum Gasteiger partial charge on any atom is 0.416 e. The molecule has 1 aliphatic heterocycles. The predicted molar refractivity (Wildman–Crippen MR) is 126 cm³/mol. The Morgan fingerprint density at radius 1 is 1.09 bits per heavy atom. The Bertz CT molecular complexity index is 908. The summed E-state index contributed by atoms with van der Waals surface area (Å²) in [5.74, 6) is 2.88. The van der Waals surface area contributed by atoms with Crippen LogP contribution in [0.2, 0.25) is 0 Å². The van der Waals surface area contributed by atoms with Crippen LogP contribution in [0.5, 0.6) is 0 Å². The van der Waals surface area contributed by atoms with Crippen LogP contribution in [0, 0.1) is 17.8 Å². The summed E-state index contributed by atoms with van der Waals surface area (Å²) >= 11 is 1.69. The second-order valence-corrected chi connectivity index (χ2v) is 11.7. The van der Waals surface area contributed by atoms with Crippen LogP contribution in [0.15, 0.2) is 29.3 Å². The summed E-state index contributed by atoms with van der Waals surface area (Å²) in [5, 5.41) is 0.995. The molecule has 6 rings (SSSR count). The Balaban J connectivity index is 1.44. The third-order valence-electron chi connectivity index (χ3n) is 7.91. The minimum atomic E-state index is -4.40. The number of anilines is 1. The lowest BCUT2D eigenvalue weighted by atomic mass is 9.53. The zero-order valence-corrected chi connectivity index (χ0v) is 20.3. The quantitative estimate of drug-likeness (QED) is 0.518. The van der Waals surface area contributed by atoms with Gasteiger partial charge in [0.05, 0.1) is 11.1 Å². The number of hydrogen-bond donors (Lipinski definition) is 0. The minimum absolute atomic E-state index is 0.0362. The second kappa shape index (κ2) is 8.21. The molecule has 1 atom stereocenters. The van der Waals surface area contributed by atoms with Crippen LogP contribution in [0.1, 0.15) is 64.9 Å². The first-order valence-electron chi connectivity index (χ1n) is 12.0. The topological polar surface area (TPSA) is 35.9 Å². The van der Waals surface area contributed by atoms with Crippen LogP contribution in [0.3, 0.4) is 0 Å². The molecule has 180 valence electrons. The normalized spacial score (nSPS) is 34.5. The van der Waals surface area contributed by atoms with Crippen molar-refractivity contribution < 1.29 is 18.0 Å². The molecule has 4 saturated carbocycles. The van der Waals surface area contributed by atoms with Gasteiger partial charge in [-0.15, -0.1) is 0 Å². The minimum Gasteiger partial charge on any atom is -0.327 e. The maximum absolute atomic E-state index is 13.0. The van der Waals surface area contributed by atoms with E-state index in [-0.39, 0.29) is 23.7 Å². The standard InChI is InChI=1S/C25H32F3N3OS/c1-15(2)30-22(31(16(3)32)21-6-4-20(5-7-21)25(26,27)28)14-33-23(30)29-24-11-17-8-18(12-24)10-19(9-17)13-24/h4-7,15,17-19,22H,8-14H2,1-3H3. The molecular formula is C25H32F3N3OS. The summed E-state index contributed by atoms with van der Waals surface area (Å²) in [6.07, 6.45) is 2.94. The Morgan fingerprint density at radius 2 is 1.64 bits per heavy atom. The predicted octanol–water partition coefficient (Wildman–Crippen LogP) is 6.17. The number of halogens is 3. The third kappa shape index (κ3) is 4.28. The lowest BCUT2D eigenvalue weighted by molar-refractivity contribution is -0.137. The van der Waals surface area contributed by atoms with Gasteiger partial charge < -0.3 is 4.90 Å². The van der Waals surface area contributed by atoms with E-state index in [1.807, 2.05) is 0 Å². The zero-order chi connectivity index (χ0) is 23.5. The van der Waals surface area contributed by atoms with Gasteiger partial charge in [-0.05, 0) is 94.4 Å². The molecule has 1 saturated heterocycles. The second-order valence-electron chi connectivity index (χ2n) is 10.8. The molecule has 33 heavy (non-hydrogen) atoms. The van der Waals surface area contributed by atoms with E-state index < -0.39 is 11.7 Å². The molecule has 0 radical (unpaired) electrons. The largest absolute Gasteiger partial charge is 0.416 e. The van der Waals surface area contributed by atoms with E-state index in [4.69, 9.17) is 4.99 Å². The summed E-state index contributed by atoms with van der Waals surface area (Å²) in [6.45, 7) is 5.67. The van der Waals surface area contributed by atoms with E-state index in [1.165, 1.54) is 57.6 Å².